The molecule has 1 heterocycles. The summed E-state index contributed by atoms with van der Waals surface area (Å²) in [6.07, 6.45) is 4.91. The van der Waals surface area contributed by atoms with Crippen molar-refractivity contribution in [2.24, 2.45) is 11.5 Å². The molecule has 4 heteroatoms. The van der Waals surface area contributed by atoms with Crippen molar-refractivity contribution in [3.63, 3.8) is 0 Å². The quantitative estimate of drug-likeness (QED) is 0.627. The Kier molecular flexibility index (Phi) is 5.07. The second kappa shape index (κ2) is 6.11. The van der Waals surface area contributed by atoms with Crippen LogP contribution in [0.3, 0.4) is 0 Å². The molecule has 0 spiro atoms. The molecule has 0 aliphatic carbocycles. The second-order valence-electron chi connectivity index (χ2n) is 3.31. The molecule has 0 saturated carbocycles. The van der Waals surface area contributed by atoms with Crippen LogP contribution in [0.4, 0.5) is 0 Å². The molecule has 0 bridgehead atoms. The number of unbranched alkanes of at least 4 members (excludes halogenated alkanes) is 1. The first-order valence-electron chi connectivity index (χ1n) is 4.81. The smallest absolute Gasteiger partial charge is 0.106 e. The Bertz CT molecular complexity index is 261. The van der Waals surface area contributed by atoms with Crippen LogP contribution in [0.2, 0.25) is 0 Å². The van der Waals surface area contributed by atoms with Gasteiger partial charge in [0.15, 0.2) is 0 Å². The summed E-state index contributed by atoms with van der Waals surface area (Å²) in [6.45, 7) is 0.741. The highest BCUT2D eigenvalue weighted by atomic mass is 79.9. The van der Waals surface area contributed by atoms with Gasteiger partial charge in [-0.1, -0.05) is 12.5 Å². The van der Waals surface area contributed by atoms with Crippen molar-refractivity contribution >= 4 is 15.9 Å². The van der Waals surface area contributed by atoms with Gasteiger partial charge >= 0.3 is 0 Å². The van der Waals surface area contributed by atoms with Crippen molar-refractivity contribution in [2.75, 3.05) is 6.54 Å². The molecule has 78 valence electrons. The second-order valence-corrected chi connectivity index (χ2v) is 4.12. The zero-order chi connectivity index (χ0) is 10.4. The van der Waals surface area contributed by atoms with E-state index < -0.39 is 0 Å². The lowest BCUT2D eigenvalue weighted by Crippen LogP contribution is -2.11. The topological polar surface area (TPSA) is 64.9 Å². The molecule has 1 aromatic heterocycles. The summed E-state index contributed by atoms with van der Waals surface area (Å²) >= 11 is 3.29. The third-order valence-corrected chi connectivity index (χ3v) is 2.62. The van der Waals surface area contributed by atoms with Crippen molar-refractivity contribution in [3.05, 3.63) is 28.5 Å². The number of aromatic nitrogens is 1. The molecule has 0 saturated heterocycles. The molecule has 14 heavy (non-hydrogen) atoms. The number of nitrogens with zero attached hydrogens (tertiary/aromatic N) is 1. The number of halogens is 1. The van der Waals surface area contributed by atoms with Crippen molar-refractivity contribution < 1.29 is 0 Å². The van der Waals surface area contributed by atoms with E-state index in [4.69, 9.17) is 11.5 Å². The fourth-order valence-corrected chi connectivity index (χ4v) is 1.52. The Balaban J connectivity index is 2.43. The van der Waals surface area contributed by atoms with Gasteiger partial charge in [0.1, 0.15) is 4.60 Å². The van der Waals surface area contributed by atoms with Crippen molar-refractivity contribution in [3.8, 4) is 0 Å². The van der Waals surface area contributed by atoms with E-state index in [1.54, 1.807) is 0 Å². The normalized spacial score (nSPS) is 12.8. The van der Waals surface area contributed by atoms with Gasteiger partial charge in [0.2, 0.25) is 0 Å². The van der Waals surface area contributed by atoms with E-state index in [1.165, 1.54) is 0 Å². The highest BCUT2D eigenvalue weighted by molar-refractivity contribution is 9.10. The van der Waals surface area contributed by atoms with Gasteiger partial charge in [0.05, 0.1) is 0 Å². The summed E-state index contributed by atoms with van der Waals surface area (Å²) in [4.78, 5) is 4.14. The Morgan fingerprint density at radius 1 is 1.36 bits per heavy atom. The summed E-state index contributed by atoms with van der Waals surface area (Å²) in [5, 5.41) is 0. The number of hydrogen-bond donors (Lipinski definition) is 2. The molecule has 4 N–H and O–H groups in total. The average molecular weight is 258 g/mol. The van der Waals surface area contributed by atoms with E-state index in [0.29, 0.717) is 0 Å². The lowest BCUT2D eigenvalue weighted by molar-refractivity contribution is 0.589. The van der Waals surface area contributed by atoms with Gasteiger partial charge in [-0.15, -0.1) is 0 Å². The maximum atomic E-state index is 5.99. The fraction of sp³-hybridized carbons (Fsp3) is 0.500. The van der Waals surface area contributed by atoms with Gasteiger partial charge in [-0.05, 0) is 46.9 Å². The number of rotatable bonds is 5. The van der Waals surface area contributed by atoms with Crippen LogP contribution in [0.15, 0.2) is 22.9 Å². The lowest BCUT2D eigenvalue weighted by Gasteiger charge is -2.10. The van der Waals surface area contributed by atoms with Gasteiger partial charge in [-0.2, -0.15) is 0 Å². The highest BCUT2D eigenvalue weighted by Gasteiger charge is 2.05. The molecule has 0 unspecified atom stereocenters. The minimum absolute atomic E-state index is 0.0853. The van der Waals surface area contributed by atoms with Gasteiger partial charge in [-0.25, -0.2) is 4.98 Å². The predicted octanol–water partition coefficient (Wildman–Crippen LogP) is 1.97. The van der Waals surface area contributed by atoms with Crippen LogP contribution in [0.25, 0.3) is 0 Å². The third kappa shape index (κ3) is 3.74. The Morgan fingerprint density at radius 2 is 2.14 bits per heavy atom. The molecule has 0 aromatic carbocycles. The number of hydrogen-bond acceptors (Lipinski definition) is 3. The molecule has 0 radical (unpaired) electrons. The van der Waals surface area contributed by atoms with Crippen LogP contribution in [-0.4, -0.2) is 11.5 Å². The van der Waals surface area contributed by atoms with Crippen LogP contribution in [-0.2, 0) is 0 Å². The van der Waals surface area contributed by atoms with E-state index in [1.807, 2.05) is 18.3 Å². The Labute approximate surface area is 93.0 Å². The molecular formula is C10H16BrN3. The molecular weight excluding hydrogens is 242 g/mol. The van der Waals surface area contributed by atoms with E-state index in [0.717, 1.165) is 36.0 Å². The summed E-state index contributed by atoms with van der Waals surface area (Å²) in [5.41, 5.74) is 12.5. The van der Waals surface area contributed by atoms with E-state index in [2.05, 4.69) is 20.9 Å². The summed E-state index contributed by atoms with van der Waals surface area (Å²) < 4.78 is 0.843. The first-order chi connectivity index (χ1) is 6.74. The SMILES string of the molecule is NCCCC[C@@H](N)c1ccc(Br)nc1. The first kappa shape index (κ1) is 11.6. The molecule has 0 aliphatic rings. The average Bonchev–Trinajstić information content (AvgIpc) is 2.19. The monoisotopic (exact) mass is 257 g/mol. The van der Waals surface area contributed by atoms with Crippen LogP contribution in [0.1, 0.15) is 30.9 Å². The minimum Gasteiger partial charge on any atom is -0.330 e. The van der Waals surface area contributed by atoms with E-state index in [-0.39, 0.29) is 6.04 Å². The third-order valence-electron chi connectivity index (χ3n) is 2.15. The molecule has 0 aliphatic heterocycles. The molecule has 3 nitrogen and oxygen atoms in total. The fourth-order valence-electron chi connectivity index (χ4n) is 1.28. The van der Waals surface area contributed by atoms with Gasteiger partial charge in [0, 0.05) is 12.2 Å². The number of pyridine rings is 1. The highest BCUT2D eigenvalue weighted by Crippen LogP contribution is 2.17. The van der Waals surface area contributed by atoms with E-state index in [9.17, 15) is 0 Å². The summed E-state index contributed by atoms with van der Waals surface area (Å²) in [5.74, 6) is 0. The van der Waals surface area contributed by atoms with Crippen LogP contribution in [0, 0.1) is 0 Å². The maximum absolute atomic E-state index is 5.99. The van der Waals surface area contributed by atoms with E-state index >= 15 is 0 Å². The largest absolute Gasteiger partial charge is 0.330 e. The standard InChI is InChI=1S/C10H16BrN3/c11-10-5-4-8(7-14-10)9(13)3-1-2-6-12/h4-5,7,9H,1-3,6,12-13H2/t9-/m1/s1. The Hall–Kier alpha value is -0.450. The maximum Gasteiger partial charge on any atom is 0.106 e. The van der Waals surface area contributed by atoms with Crippen molar-refractivity contribution in [1.82, 2.24) is 4.98 Å². The van der Waals surface area contributed by atoms with Crippen LogP contribution < -0.4 is 11.5 Å². The van der Waals surface area contributed by atoms with Crippen LogP contribution >= 0.6 is 15.9 Å². The molecule has 0 amide bonds. The molecule has 1 aromatic rings. The van der Waals surface area contributed by atoms with Gasteiger partial charge in [0.25, 0.3) is 0 Å². The Morgan fingerprint density at radius 3 is 2.71 bits per heavy atom. The zero-order valence-corrected chi connectivity index (χ0v) is 9.70. The predicted molar refractivity (Wildman–Crippen MR) is 61.8 cm³/mol. The first-order valence-corrected chi connectivity index (χ1v) is 5.60. The molecule has 1 atom stereocenters. The van der Waals surface area contributed by atoms with Gasteiger partial charge in [-0.3, -0.25) is 0 Å². The van der Waals surface area contributed by atoms with Crippen LogP contribution in [0.5, 0.6) is 0 Å². The number of nitrogens with two attached hydrogens (primary N) is 2. The summed E-state index contributed by atoms with van der Waals surface area (Å²) in [6, 6.07) is 4.00. The van der Waals surface area contributed by atoms with Crippen molar-refractivity contribution in [2.45, 2.75) is 25.3 Å². The summed E-state index contributed by atoms with van der Waals surface area (Å²) in [7, 11) is 0. The molecule has 1 rings (SSSR count). The lowest BCUT2D eigenvalue weighted by atomic mass is 10.0. The molecule has 0 fully saturated rings. The zero-order valence-electron chi connectivity index (χ0n) is 8.12. The minimum atomic E-state index is 0.0853. The van der Waals surface area contributed by atoms with Gasteiger partial charge < -0.3 is 11.5 Å². The van der Waals surface area contributed by atoms with Crippen molar-refractivity contribution in [1.29, 1.82) is 0 Å².